The van der Waals surface area contributed by atoms with E-state index in [2.05, 4.69) is 0 Å². The Balaban J connectivity index is 1.65. The fourth-order valence-electron chi connectivity index (χ4n) is 4.60. The molecule has 12 heteroatoms. The minimum Gasteiger partial charge on any atom is -0.308 e. The molecule has 0 spiro atoms. The first kappa shape index (κ1) is 26.0. The van der Waals surface area contributed by atoms with Gasteiger partial charge in [0.25, 0.3) is 32.1 Å². The lowest BCUT2D eigenvalue weighted by molar-refractivity contribution is -0.114. The van der Waals surface area contributed by atoms with Crippen molar-refractivity contribution in [2.75, 3.05) is 34.4 Å². The average Bonchev–Trinajstić information content (AvgIpc) is 3.23. The monoisotopic (exact) mass is 534 g/mol. The summed E-state index contributed by atoms with van der Waals surface area (Å²) in [4.78, 5) is 30.3. The summed E-state index contributed by atoms with van der Waals surface area (Å²) in [5.74, 6) is -1.53. The second-order valence-electron chi connectivity index (χ2n) is 8.68. The van der Waals surface area contributed by atoms with Crippen LogP contribution in [0.4, 0.5) is 11.4 Å². The number of benzene rings is 2. The highest BCUT2D eigenvalue weighted by Gasteiger charge is 2.41. The van der Waals surface area contributed by atoms with E-state index in [1.165, 1.54) is 9.80 Å². The Morgan fingerprint density at radius 1 is 0.583 bits per heavy atom. The van der Waals surface area contributed by atoms with E-state index in [-0.39, 0.29) is 48.9 Å². The lowest BCUT2D eigenvalue weighted by Gasteiger charge is -2.17. The van der Waals surface area contributed by atoms with Crippen molar-refractivity contribution >= 4 is 54.6 Å². The van der Waals surface area contributed by atoms with Gasteiger partial charge in [0.1, 0.15) is 0 Å². The number of unbranched alkanes of at least 4 members (excludes halogenated alkanes) is 2. The minimum atomic E-state index is -4.09. The van der Waals surface area contributed by atoms with E-state index in [0.717, 1.165) is 0 Å². The highest BCUT2D eigenvalue weighted by atomic mass is 32.2. The molecule has 2 aromatic rings. The first-order valence-electron chi connectivity index (χ1n) is 11.4. The summed E-state index contributed by atoms with van der Waals surface area (Å²) in [6, 6.07) is 14.1. The number of rotatable bonds is 10. The van der Waals surface area contributed by atoms with E-state index >= 15 is 0 Å². The summed E-state index contributed by atoms with van der Waals surface area (Å²) in [6.07, 6.45) is 1.03. The largest absolute Gasteiger partial charge is 0.308 e. The predicted octanol–water partition coefficient (Wildman–Crippen LogP) is 2.63. The molecule has 0 bridgehead atoms. The highest BCUT2D eigenvalue weighted by Crippen LogP contribution is 2.46. The van der Waals surface area contributed by atoms with Crippen molar-refractivity contribution in [1.82, 2.24) is 0 Å². The van der Waals surface area contributed by atoms with Crippen LogP contribution in [0.5, 0.6) is 0 Å². The van der Waals surface area contributed by atoms with Crippen LogP contribution in [0, 0.1) is 0 Å². The summed E-state index contributed by atoms with van der Waals surface area (Å²) in [5, 5.41) is 0. The van der Waals surface area contributed by atoms with E-state index in [1.54, 1.807) is 48.5 Å². The van der Waals surface area contributed by atoms with Gasteiger partial charge in [-0.2, -0.15) is 16.8 Å². The molecule has 0 atom stereocenters. The van der Waals surface area contributed by atoms with Crippen LogP contribution < -0.4 is 9.80 Å². The molecule has 0 aromatic heterocycles. The molecular weight excluding hydrogens is 508 g/mol. The Kier molecular flexibility index (Phi) is 7.32. The molecule has 0 saturated carbocycles. The fraction of sp³-hybridized carbons (Fsp3) is 0.333. The number of nitrogens with zero attached hydrogens (tertiary/aromatic N) is 2. The van der Waals surface area contributed by atoms with Gasteiger partial charge in [-0.3, -0.25) is 18.7 Å². The molecule has 2 heterocycles. The first-order chi connectivity index (χ1) is 17.0. The molecule has 192 valence electrons. The second-order valence-corrected chi connectivity index (χ2v) is 11.8. The molecule has 36 heavy (non-hydrogen) atoms. The van der Waals surface area contributed by atoms with Gasteiger partial charge < -0.3 is 9.80 Å². The van der Waals surface area contributed by atoms with Gasteiger partial charge in [-0.05, 0) is 37.8 Å². The SMILES string of the molecule is O=C1/C(=C2/C(=O)N(CCCCS(=O)(=O)O)c3ccccc32)c2ccccc2N1CCCCS(=O)(=O)O. The number of fused-ring (bicyclic) bond motifs is 2. The number of amides is 2. The molecule has 0 fully saturated rings. The maximum absolute atomic E-state index is 13.6. The second kappa shape index (κ2) is 10.1. The lowest BCUT2D eigenvalue weighted by atomic mass is 9.96. The number of anilines is 2. The third kappa shape index (κ3) is 5.51. The number of carbonyl (C=O) groups excluding carboxylic acids is 2. The first-order valence-corrected chi connectivity index (χ1v) is 14.7. The van der Waals surface area contributed by atoms with Gasteiger partial charge in [0.2, 0.25) is 0 Å². The molecule has 0 aliphatic carbocycles. The topological polar surface area (TPSA) is 149 Å². The summed E-state index contributed by atoms with van der Waals surface area (Å²) >= 11 is 0. The molecule has 10 nitrogen and oxygen atoms in total. The molecular formula is C24H26N2O8S2. The summed E-state index contributed by atoms with van der Waals surface area (Å²) in [6.45, 7) is 0.439. The number of hydrogen-bond acceptors (Lipinski definition) is 6. The van der Waals surface area contributed by atoms with Crippen molar-refractivity contribution in [2.24, 2.45) is 0 Å². The van der Waals surface area contributed by atoms with E-state index < -0.39 is 31.7 Å². The Hall–Kier alpha value is -3.06. The average molecular weight is 535 g/mol. The van der Waals surface area contributed by atoms with E-state index in [4.69, 9.17) is 9.11 Å². The van der Waals surface area contributed by atoms with Crippen LogP contribution in [0.1, 0.15) is 36.8 Å². The Bertz CT molecular complexity index is 1340. The minimum absolute atomic E-state index is 0.176. The van der Waals surface area contributed by atoms with E-state index in [0.29, 0.717) is 35.3 Å². The molecule has 0 saturated heterocycles. The smallest absolute Gasteiger partial charge is 0.264 e. The molecule has 2 aromatic carbocycles. The van der Waals surface area contributed by atoms with Gasteiger partial charge in [-0.1, -0.05) is 36.4 Å². The molecule has 0 unspecified atom stereocenters. The molecule has 4 rings (SSSR count). The summed E-state index contributed by atoms with van der Waals surface area (Å²) in [5.41, 5.74) is 2.96. The van der Waals surface area contributed by atoms with Crippen LogP contribution >= 0.6 is 0 Å². The Labute approximate surface area is 209 Å². The van der Waals surface area contributed by atoms with Gasteiger partial charge in [0, 0.05) is 24.2 Å². The fourth-order valence-corrected chi connectivity index (χ4v) is 5.73. The van der Waals surface area contributed by atoms with Crippen LogP contribution in [-0.2, 0) is 29.8 Å². The number of carbonyl (C=O) groups is 2. The third-order valence-electron chi connectivity index (χ3n) is 6.16. The molecule has 0 radical (unpaired) electrons. The van der Waals surface area contributed by atoms with Crippen LogP contribution in [0.2, 0.25) is 0 Å². The Morgan fingerprint density at radius 2 is 0.944 bits per heavy atom. The highest BCUT2D eigenvalue weighted by molar-refractivity contribution is 7.86. The van der Waals surface area contributed by atoms with Crippen LogP contribution in [0.25, 0.3) is 11.1 Å². The maximum atomic E-state index is 13.6. The van der Waals surface area contributed by atoms with Gasteiger partial charge >= 0.3 is 0 Å². The van der Waals surface area contributed by atoms with E-state index in [9.17, 15) is 26.4 Å². The number of hydrogen-bond donors (Lipinski definition) is 2. The molecule has 2 aliphatic heterocycles. The van der Waals surface area contributed by atoms with Crippen molar-refractivity contribution in [3.8, 4) is 0 Å². The third-order valence-corrected chi connectivity index (χ3v) is 7.77. The molecule has 2 amide bonds. The zero-order valence-corrected chi connectivity index (χ0v) is 21.0. The quantitative estimate of drug-likeness (QED) is 0.268. The van der Waals surface area contributed by atoms with Crippen molar-refractivity contribution in [1.29, 1.82) is 0 Å². The van der Waals surface area contributed by atoms with Gasteiger partial charge in [-0.15, -0.1) is 0 Å². The van der Waals surface area contributed by atoms with Gasteiger partial charge in [0.05, 0.1) is 34.0 Å². The normalized spacial score (nSPS) is 17.6. The lowest BCUT2D eigenvalue weighted by Crippen LogP contribution is -2.30. The predicted molar refractivity (Wildman–Crippen MR) is 136 cm³/mol. The Morgan fingerprint density at radius 3 is 1.31 bits per heavy atom. The zero-order valence-electron chi connectivity index (χ0n) is 19.3. The van der Waals surface area contributed by atoms with Crippen molar-refractivity contribution in [3.05, 3.63) is 59.7 Å². The molecule has 2 aliphatic rings. The summed E-state index contributed by atoms with van der Waals surface area (Å²) < 4.78 is 62.0. The molecule has 2 N–H and O–H groups in total. The van der Waals surface area contributed by atoms with Crippen molar-refractivity contribution in [2.45, 2.75) is 25.7 Å². The van der Waals surface area contributed by atoms with Gasteiger partial charge in [-0.25, -0.2) is 0 Å². The number of para-hydroxylation sites is 2. The van der Waals surface area contributed by atoms with E-state index in [1.807, 2.05) is 0 Å². The maximum Gasteiger partial charge on any atom is 0.264 e. The van der Waals surface area contributed by atoms with Crippen LogP contribution in [0.3, 0.4) is 0 Å². The van der Waals surface area contributed by atoms with Gasteiger partial charge in [0.15, 0.2) is 0 Å². The van der Waals surface area contributed by atoms with Crippen LogP contribution in [-0.4, -0.2) is 62.4 Å². The summed E-state index contributed by atoms with van der Waals surface area (Å²) in [7, 11) is -8.19. The van der Waals surface area contributed by atoms with Crippen molar-refractivity contribution < 1.29 is 35.5 Å². The standard InChI is InChI=1S/C24H26N2O8S2/c27-23-21(17-9-1-3-11-19(17)25(23)13-5-7-15-35(29,30)31)22-18-10-2-4-12-20(18)26(24(22)28)14-6-8-16-36(32,33)34/h1-4,9-12H,5-8,13-16H2,(H,29,30,31)(H,32,33,34)/b22-21+. The zero-order chi connectivity index (χ0) is 26.1. The van der Waals surface area contributed by atoms with Crippen LogP contribution in [0.15, 0.2) is 48.5 Å². The van der Waals surface area contributed by atoms with Crippen molar-refractivity contribution in [3.63, 3.8) is 0 Å².